The van der Waals surface area contributed by atoms with Gasteiger partial charge in [-0.05, 0) is 46.9 Å². The van der Waals surface area contributed by atoms with E-state index in [9.17, 15) is 4.79 Å². The number of carbonyl (C=O) groups excluding carboxylic acids is 1. The minimum atomic E-state index is -0.711. The number of benzene rings is 2. The first-order chi connectivity index (χ1) is 14.5. The monoisotopic (exact) mass is 442 g/mol. The molecule has 2 aromatic rings. The predicted molar refractivity (Wildman–Crippen MR) is 131 cm³/mol. The second-order valence-electron chi connectivity index (χ2n) is 9.34. The van der Waals surface area contributed by atoms with Gasteiger partial charge in [-0.25, -0.2) is 0 Å². The lowest BCUT2D eigenvalue weighted by Crippen LogP contribution is -2.29. The van der Waals surface area contributed by atoms with Crippen LogP contribution in [0.1, 0.15) is 102 Å². The van der Waals surface area contributed by atoms with Crippen LogP contribution in [0.25, 0.3) is 0 Å². The van der Waals surface area contributed by atoms with Crippen molar-refractivity contribution in [3.8, 4) is 0 Å². The van der Waals surface area contributed by atoms with Crippen LogP contribution >= 0.6 is 12.0 Å². The average molecular weight is 443 g/mol. The fraction of sp³-hybridized carbons (Fsp3) is 0.519. The molecular weight excluding hydrogens is 404 g/mol. The molecule has 0 fully saturated rings. The first-order valence-corrected chi connectivity index (χ1v) is 12.0. The van der Waals surface area contributed by atoms with Gasteiger partial charge in [0.1, 0.15) is 5.60 Å². The van der Waals surface area contributed by atoms with E-state index in [1.807, 2.05) is 37.3 Å². The minimum Gasteiger partial charge on any atom is -0.455 e. The highest BCUT2D eigenvalue weighted by atomic mass is 32.2. The SMILES string of the molecule is CC(=O)OC(C)(CCOSc1c(C(C)C)cc(C(C)C)cc1C(C)C)c1ccccc1. The van der Waals surface area contributed by atoms with Crippen LogP contribution in [-0.2, 0) is 19.3 Å². The highest BCUT2D eigenvalue weighted by molar-refractivity contribution is 7.94. The molecule has 0 heterocycles. The molecule has 0 radical (unpaired) electrons. The van der Waals surface area contributed by atoms with E-state index in [2.05, 4.69) is 53.7 Å². The van der Waals surface area contributed by atoms with Crippen LogP contribution in [0, 0.1) is 0 Å². The fourth-order valence-electron chi connectivity index (χ4n) is 3.69. The Hall–Kier alpha value is -1.78. The van der Waals surface area contributed by atoms with Crippen molar-refractivity contribution in [3.63, 3.8) is 0 Å². The summed E-state index contributed by atoms with van der Waals surface area (Å²) < 4.78 is 11.8. The topological polar surface area (TPSA) is 35.5 Å². The van der Waals surface area contributed by atoms with Gasteiger partial charge in [-0.3, -0.25) is 4.79 Å². The van der Waals surface area contributed by atoms with Crippen LogP contribution in [0.15, 0.2) is 47.4 Å². The maximum atomic E-state index is 11.7. The summed E-state index contributed by atoms with van der Waals surface area (Å²) in [6, 6.07) is 14.5. The quantitative estimate of drug-likeness (QED) is 0.212. The van der Waals surface area contributed by atoms with E-state index in [4.69, 9.17) is 8.92 Å². The summed E-state index contributed by atoms with van der Waals surface area (Å²) >= 11 is 1.47. The molecule has 0 aromatic heterocycles. The summed E-state index contributed by atoms with van der Waals surface area (Å²) in [6.07, 6.45) is 0.585. The summed E-state index contributed by atoms with van der Waals surface area (Å²) in [5.41, 5.74) is 4.32. The predicted octanol–water partition coefficient (Wildman–Crippen LogP) is 7.95. The second kappa shape index (κ2) is 11.2. The molecule has 2 rings (SSSR count). The van der Waals surface area contributed by atoms with Crippen LogP contribution in [0.3, 0.4) is 0 Å². The van der Waals surface area contributed by atoms with Crippen molar-refractivity contribution in [3.05, 3.63) is 64.7 Å². The molecule has 0 aliphatic carbocycles. The second-order valence-corrected chi connectivity index (χ2v) is 10.1. The van der Waals surface area contributed by atoms with Crippen LogP contribution < -0.4 is 0 Å². The van der Waals surface area contributed by atoms with Crippen LogP contribution in [0.2, 0.25) is 0 Å². The van der Waals surface area contributed by atoms with Gasteiger partial charge >= 0.3 is 5.97 Å². The molecular formula is C27H38O3S. The molecule has 1 atom stereocenters. The zero-order valence-corrected chi connectivity index (χ0v) is 21.1. The molecule has 0 aliphatic rings. The Labute approximate surface area is 193 Å². The third-order valence-electron chi connectivity index (χ3n) is 5.64. The van der Waals surface area contributed by atoms with Crippen LogP contribution in [-0.4, -0.2) is 12.6 Å². The zero-order valence-electron chi connectivity index (χ0n) is 20.3. The summed E-state index contributed by atoms with van der Waals surface area (Å²) in [5, 5.41) is 0. The lowest BCUT2D eigenvalue weighted by molar-refractivity contribution is -0.157. The first kappa shape index (κ1) is 25.5. The van der Waals surface area contributed by atoms with Gasteiger partial charge < -0.3 is 8.92 Å². The first-order valence-electron chi connectivity index (χ1n) is 11.3. The Balaban J connectivity index is 2.21. The molecule has 31 heavy (non-hydrogen) atoms. The van der Waals surface area contributed by atoms with Gasteiger partial charge in [0.2, 0.25) is 0 Å². The molecule has 170 valence electrons. The highest BCUT2D eigenvalue weighted by Crippen LogP contribution is 2.39. The fourth-order valence-corrected chi connectivity index (χ4v) is 4.75. The molecule has 0 saturated carbocycles. The van der Waals surface area contributed by atoms with Crippen LogP contribution in [0.5, 0.6) is 0 Å². The molecule has 0 bridgehead atoms. The number of hydrogen-bond acceptors (Lipinski definition) is 4. The van der Waals surface area contributed by atoms with E-state index in [-0.39, 0.29) is 5.97 Å². The normalized spacial score (nSPS) is 13.6. The van der Waals surface area contributed by atoms with E-state index < -0.39 is 5.60 Å². The summed E-state index contributed by atoms with van der Waals surface area (Å²) in [7, 11) is 0. The van der Waals surface area contributed by atoms with Gasteiger partial charge in [-0.2, -0.15) is 0 Å². The number of esters is 1. The lowest BCUT2D eigenvalue weighted by Gasteiger charge is -2.29. The van der Waals surface area contributed by atoms with Gasteiger partial charge in [-0.1, -0.05) is 84.0 Å². The van der Waals surface area contributed by atoms with E-state index >= 15 is 0 Å². The van der Waals surface area contributed by atoms with Crippen molar-refractivity contribution in [1.29, 1.82) is 0 Å². The summed E-state index contributed by atoms with van der Waals surface area (Å²) in [5.74, 6) is 1.04. The molecule has 0 amide bonds. The smallest absolute Gasteiger partial charge is 0.303 e. The number of rotatable bonds is 10. The van der Waals surface area contributed by atoms with E-state index in [1.165, 1.54) is 40.6 Å². The van der Waals surface area contributed by atoms with Crippen LogP contribution in [0.4, 0.5) is 0 Å². The third-order valence-corrected chi connectivity index (χ3v) is 6.56. The highest BCUT2D eigenvalue weighted by Gasteiger charge is 2.30. The van der Waals surface area contributed by atoms with Crippen molar-refractivity contribution in [2.75, 3.05) is 6.61 Å². The lowest BCUT2D eigenvalue weighted by atomic mass is 9.89. The maximum Gasteiger partial charge on any atom is 0.303 e. The van der Waals surface area contributed by atoms with Crippen molar-refractivity contribution in [1.82, 2.24) is 0 Å². The van der Waals surface area contributed by atoms with Crippen molar-refractivity contribution in [2.45, 2.75) is 90.1 Å². The number of ether oxygens (including phenoxy) is 1. The van der Waals surface area contributed by atoms with Gasteiger partial charge in [-0.15, -0.1) is 0 Å². The van der Waals surface area contributed by atoms with E-state index in [0.29, 0.717) is 30.8 Å². The molecule has 0 N–H and O–H groups in total. The van der Waals surface area contributed by atoms with Gasteiger partial charge in [0, 0.05) is 30.3 Å². The molecule has 0 aliphatic heterocycles. The maximum absolute atomic E-state index is 11.7. The van der Waals surface area contributed by atoms with E-state index in [0.717, 1.165) is 5.56 Å². The molecule has 4 heteroatoms. The summed E-state index contributed by atoms with van der Waals surface area (Å²) in [4.78, 5) is 13.0. The van der Waals surface area contributed by atoms with Gasteiger partial charge in [0.05, 0.1) is 6.61 Å². The molecule has 1 unspecified atom stereocenters. The van der Waals surface area contributed by atoms with Crippen molar-refractivity contribution in [2.24, 2.45) is 0 Å². The largest absolute Gasteiger partial charge is 0.455 e. The molecule has 0 spiro atoms. The third kappa shape index (κ3) is 6.85. The number of carbonyl (C=O) groups is 1. The molecule has 0 saturated heterocycles. The Bertz CT molecular complexity index is 829. The van der Waals surface area contributed by atoms with Crippen molar-refractivity contribution >= 4 is 18.0 Å². The molecule has 3 nitrogen and oxygen atoms in total. The average Bonchev–Trinajstić information content (AvgIpc) is 2.70. The zero-order chi connectivity index (χ0) is 23.2. The Morgan fingerprint density at radius 2 is 1.48 bits per heavy atom. The number of hydrogen-bond donors (Lipinski definition) is 0. The van der Waals surface area contributed by atoms with Crippen molar-refractivity contribution < 1.29 is 13.7 Å². The Kier molecular flexibility index (Phi) is 9.20. The standard InChI is InChI=1S/C27H38O3S/c1-18(2)22-16-24(19(3)4)26(25(17-22)20(5)6)31-29-15-14-27(8,30-21(7)28)23-12-10-9-11-13-23/h9-13,16-20H,14-15H2,1-8H3. The minimum absolute atomic E-state index is 0.285. The summed E-state index contributed by atoms with van der Waals surface area (Å²) in [6.45, 7) is 17.3. The van der Waals surface area contributed by atoms with E-state index in [1.54, 1.807) is 0 Å². The van der Waals surface area contributed by atoms with Gasteiger partial charge in [0.15, 0.2) is 0 Å². The Morgan fingerprint density at radius 3 is 1.94 bits per heavy atom. The molecule has 2 aromatic carbocycles. The van der Waals surface area contributed by atoms with Gasteiger partial charge in [0.25, 0.3) is 0 Å². The Morgan fingerprint density at radius 1 is 0.935 bits per heavy atom.